The van der Waals surface area contributed by atoms with Gasteiger partial charge in [-0.3, -0.25) is 0 Å². The maximum Gasteiger partial charge on any atom is 0.324 e. The highest BCUT2D eigenvalue weighted by atomic mass is 32.5. The second-order valence-electron chi connectivity index (χ2n) is 8.23. The first-order valence-electron chi connectivity index (χ1n) is 12.9. The van der Waals surface area contributed by atoms with E-state index in [0.717, 1.165) is 32.2 Å². The van der Waals surface area contributed by atoms with E-state index in [1.165, 1.54) is 89.9 Å². The summed E-state index contributed by atoms with van der Waals surface area (Å²) >= 11 is 4.92. The molecule has 0 spiro atoms. The van der Waals surface area contributed by atoms with Crippen LogP contribution in [0, 0.1) is 0 Å². The summed E-state index contributed by atoms with van der Waals surface area (Å²) in [4.78, 5) is 9.71. The molecule has 0 unspecified atom stereocenters. The largest absolute Gasteiger partial charge is 0.330 e. The fraction of sp³-hybridized carbons (Fsp3) is 1.00. The summed E-state index contributed by atoms with van der Waals surface area (Å²) in [5.74, 6) is 0. The summed E-state index contributed by atoms with van der Waals surface area (Å²) in [5, 5.41) is 0. The van der Waals surface area contributed by atoms with Crippen molar-refractivity contribution in [3.8, 4) is 0 Å². The average Bonchev–Trinajstić information content (AvgIpc) is 2.73. The van der Waals surface area contributed by atoms with E-state index >= 15 is 0 Å². The van der Waals surface area contributed by atoms with Crippen LogP contribution in [0.2, 0.25) is 0 Å². The van der Waals surface area contributed by atoms with Crippen molar-refractivity contribution >= 4 is 18.5 Å². The molecule has 0 saturated carbocycles. The van der Waals surface area contributed by atoms with E-state index in [4.69, 9.17) is 26.6 Å². The van der Waals surface area contributed by atoms with Crippen molar-refractivity contribution in [3.05, 3.63) is 0 Å². The Hall–Kier alpha value is 0.490. The van der Waals surface area contributed by atoms with Gasteiger partial charge in [-0.15, -0.1) is 0 Å². The Kier molecular flexibility index (Phi) is 30.0. The number of hydrogen-bond acceptors (Lipinski definition) is 4. The summed E-state index contributed by atoms with van der Waals surface area (Å²) in [6.07, 6.45) is 22.9. The van der Waals surface area contributed by atoms with Crippen molar-refractivity contribution in [2.75, 3.05) is 19.8 Å². The molecular weight excluding hydrogens is 413 g/mol. The fourth-order valence-corrected chi connectivity index (χ4v) is 4.33. The van der Waals surface area contributed by atoms with Crippen LogP contribution in [0.4, 0.5) is 0 Å². The monoisotopic (exact) mass is 467 g/mol. The Morgan fingerprint density at radius 2 is 0.867 bits per heavy atom. The van der Waals surface area contributed by atoms with Crippen molar-refractivity contribution in [2.45, 2.75) is 136 Å². The quantitative estimate of drug-likeness (QED) is 0.124. The molecule has 0 saturated heterocycles. The fourth-order valence-electron chi connectivity index (χ4n) is 3.09. The molecule has 0 aromatic rings. The van der Waals surface area contributed by atoms with E-state index < -0.39 is 6.72 Å². The van der Waals surface area contributed by atoms with Crippen LogP contribution in [-0.4, -0.2) is 24.7 Å². The maximum absolute atomic E-state index is 9.71. The first kappa shape index (κ1) is 32.7. The van der Waals surface area contributed by atoms with Crippen LogP contribution in [0.1, 0.15) is 136 Å². The molecule has 0 aliphatic carbocycles. The molecule has 0 rings (SSSR count). The predicted molar refractivity (Wildman–Crippen MR) is 138 cm³/mol. The third kappa shape index (κ3) is 30.7. The molecule has 0 aromatic carbocycles. The van der Waals surface area contributed by atoms with E-state index in [0.29, 0.717) is 13.2 Å². The SMILES string of the molecule is CCCCCCCCCCCCN.CCCCCCOP(O)(=S)OCCCCCC. The van der Waals surface area contributed by atoms with E-state index in [1.54, 1.807) is 0 Å². The Balaban J connectivity index is 0. The minimum atomic E-state index is -2.96. The van der Waals surface area contributed by atoms with Gasteiger partial charge in [-0.05, 0) is 37.6 Å². The molecule has 0 aromatic heterocycles. The molecule has 30 heavy (non-hydrogen) atoms. The summed E-state index contributed by atoms with van der Waals surface area (Å²) in [6, 6.07) is 0. The lowest BCUT2D eigenvalue weighted by Gasteiger charge is -2.15. The molecule has 0 amide bonds. The first-order chi connectivity index (χ1) is 14.5. The van der Waals surface area contributed by atoms with Gasteiger partial charge in [-0.2, -0.15) is 0 Å². The molecular formula is C24H54NO3PS. The Bertz CT molecular complexity index is 331. The lowest BCUT2D eigenvalue weighted by Crippen LogP contribution is -1.98. The molecule has 0 heterocycles. The summed E-state index contributed by atoms with van der Waals surface area (Å²) in [5.41, 5.74) is 5.42. The molecule has 6 heteroatoms. The van der Waals surface area contributed by atoms with Gasteiger partial charge in [0.25, 0.3) is 0 Å². The van der Waals surface area contributed by atoms with E-state index in [-0.39, 0.29) is 0 Å². The predicted octanol–water partition coefficient (Wildman–Crippen LogP) is 8.26. The number of unbranched alkanes of at least 4 members (excludes halogenated alkanes) is 15. The Morgan fingerprint density at radius 3 is 1.20 bits per heavy atom. The van der Waals surface area contributed by atoms with Gasteiger partial charge in [-0.25, -0.2) is 0 Å². The van der Waals surface area contributed by atoms with Gasteiger partial charge in [0.05, 0.1) is 13.2 Å². The molecule has 0 atom stereocenters. The molecule has 4 nitrogen and oxygen atoms in total. The number of hydrogen-bond donors (Lipinski definition) is 2. The molecule has 3 N–H and O–H groups in total. The molecule has 0 radical (unpaired) electrons. The average molecular weight is 468 g/mol. The summed E-state index contributed by atoms with van der Waals surface area (Å²) in [6.45, 7) is 5.55. The topological polar surface area (TPSA) is 64.7 Å². The van der Waals surface area contributed by atoms with Gasteiger partial charge in [0.2, 0.25) is 0 Å². The van der Waals surface area contributed by atoms with Gasteiger partial charge in [-0.1, -0.05) is 117 Å². The van der Waals surface area contributed by atoms with Gasteiger partial charge < -0.3 is 19.7 Å². The lowest BCUT2D eigenvalue weighted by atomic mass is 10.1. The Labute approximate surface area is 194 Å². The highest BCUT2D eigenvalue weighted by Crippen LogP contribution is 2.43. The highest BCUT2D eigenvalue weighted by Gasteiger charge is 2.13. The molecule has 0 fully saturated rings. The van der Waals surface area contributed by atoms with Crippen LogP contribution in [-0.2, 0) is 20.9 Å². The summed E-state index contributed by atoms with van der Waals surface area (Å²) in [7, 11) is 0. The Morgan fingerprint density at radius 1 is 0.567 bits per heavy atom. The molecule has 0 aliphatic heterocycles. The standard InChI is InChI=1S/C12H27N.C12H27O3PS/c1-2-3-4-5-6-7-8-9-10-11-12-13;1-3-5-7-9-11-14-16(13,17)15-12-10-8-6-4-2/h2-13H2,1H3;3-12H2,1-2H3,(H,13,17). The summed E-state index contributed by atoms with van der Waals surface area (Å²) < 4.78 is 10.5. The van der Waals surface area contributed by atoms with E-state index in [2.05, 4.69) is 20.8 Å². The zero-order chi connectivity index (χ0) is 22.8. The zero-order valence-corrected chi connectivity index (χ0v) is 22.3. The number of nitrogens with two attached hydrogens (primary N) is 1. The van der Waals surface area contributed by atoms with Gasteiger partial charge in [0, 0.05) is 0 Å². The smallest absolute Gasteiger partial charge is 0.324 e. The van der Waals surface area contributed by atoms with Crippen LogP contribution in [0.5, 0.6) is 0 Å². The van der Waals surface area contributed by atoms with Crippen LogP contribution in [0.15, 0.2) is 0 Å². The van der Waals surface area contributed by atoms with Gasteiger partial charge >= 0.3 is 6.72 Å². The molecule has 0 aliphatic rings. The second-order valence-corrected chi connectivity index (χ2v) is 11.1. The molecule has 184 valence electrons. The van der Waals surface area contributed by atoms with E-state index in [9.17, 15) is 4.89 Å². The first-order valence-corrected chi connectivity index (χ1v) is 15.4. The third-order valence-corrected chi connectivity index (χ3v) is 6.71. The zero-order valence-electron chi connectivity index (χ0n) is 20.5. The van der Waals surface area contributed by atoms with Crippen LogP contribution in [0.25, 0.3) is 0 Å². The normalized spacial score (nSPS) is 11.4. The number of rotatable bonds is 22. The third-order valence-electron chi connectivity index (χ3n) is 5.06. The minimum absolute atomic E-state index is 0.517. The van der Waals surface area contributed by atoms with Crippen molar-refractivity contribution in [1.82, 2.24) is 0 Å². The van der Waals surface area contributed by atoms with Crippen LogP contribution in [0.3, 0.4) is 0 Å². The van der Waals surface area contributed by atoms with Gasteiger partial charge in [0.1, 0.15) is 0 Å². The lowest BCUT2D eigenvalue weighted by molar-refractivity contribution is 0.191. The van der Waals surface area contributed by atoms with Crippen molar-refractivity contribution in [1.29, 1.82) is 0 Å². The minimum Gasteiger partial charge on any atom is -0.330 e. The highest BCUT2D eigenvalue weighted by molar-refractivity contribution is 8.07. The van der Waals surface area contributed by atoms with Crippen molar-refractivity contribution in [2.24, 2.45) is 5.73 Å². The van der Waals surface area contributed by atoms with Crippen LogP contribution < -0.4 is 5.73 Å². The van der Waals surface area contributed by atoms with Crippen molar-refractivity contribution in [3.63, 3.8) is 0 Å². The van der Waals surface area contributed by atoms with E-state index in [1.807, 2.05) is 0 Å². The second kappa shape index (κ2) is 27.5. The molecule has 0 bridgehead atoms. The van der Waals surface area contributed by atoms with Gasteiger partial charge in [0.15, 0.2) is 0 Å². The van der Waals surface area contributed by atoms with Crippen LogP contribution >= 0.6 is 6.72 Å². The maximum atomic E-state index is 9.71. The van der Waals surface area contributed by atoms with Crippen molar-refractivity contribution < 1.29 is 13.9 Å².